The van der Waals surface area contributed by atoms with Gasteiger partial charge in [-0.05, 0) is 18.9 Å². The molecule has 152 valence electrons. The molecule has 0 atom stereocenters. The lowest BCUT2D eigenvalue weighted by Gasteiger charge is -2.19. The largest absolute Gasteiger partial charge is 0.496 e. The Kier molecular flexibility index (Phi) is 7.50. The number of halogens is 1. The Labute approximate surface area is 174 Å². The minimum Gasteiger partial charge on any atom is -0.496 e. The van der Waals surface area contributed by atoms with Crippen molar-refractivity contribution < 1.29 is 19.1 Å². The molecule has 2 amide bonds. The first kappa shape index (κ1) is 20.9. The summed E-state index contributed by atoms with van der Waals surface area (Å²) in [5.41, 5.74) is 0.730. The van der Waals surface area contributed by atoms with Gasteiger partial charge in [0, 0.05) is 23.3 Å². The fourth-order valence-electron chi connectivity index (χ4n) is 3.35. The third-order valence-electron chi connectivity index (χ3n) is 4.85. The van der Waals surface area contributed by atoms with Crippen LogP contribution < -0.4 is 15.4 Å². The van der Waals surface area contributed by atoms with Gasteiger partial charge in [0.25, 0.3) is 11.8 Å². The average Bonchev–Trinajstić information content (AvgIpc) is 2.98. The number of rotatable bonds is 5. The molecule has 6 nitrogen and oxygen atoms in total. The summed E-state index contributed by atoms with van der Waals surface area (Å²) in [4.78, 5) is 25.1. The zero-order valence-electron chi connectivity index (χ0n) is 15.9. The Morgan fingerprint density at radius 3 is 2.57 bits per heavy atom. The van der Waals surface area contributed by atoms with Gasteiger partial charge in [-0.25, -0.2) is 0 Å². The first-order valence-corrected chi connectivity index (χ1v) is 11.0. The number of nitrogens with one attached hydrogen (secondary N) is 2. The van der Waals surface area contributed by atoms with Crippen LogP contribution >= 0.6 is 23.4 Å². The van der Waals surface area contributed by atoms with Crippen LogP contribution in [0.3, 0.4) is 0 Å². The van der Waals surface area contributed by atoms with E-state index in [0.29, 0.717) is 23.6 Å². The summed E-state index contributed by atoms with van der Waals surface area (Å²) >= 11 is 7.86. The van der Waals surface area contributed by atoms with Crippen LogP contribution in [0, 0.1) is 0 Å². The molecule has 1 aromatic rings. The molecular formula is C20H25ClN2O4S. The average molecular weight is 425 g/mol. The van der Waals surface area contributed by atoms with Gasteiger partial charge in [-0.3, -0.25) is 9.59 Å². The van der Waals surface area contributed by atoms with Gasteiger partial charge in [-0.2, -0.15) is 0 Å². The van der Waals surface area contributed by atoms with Crippen LogP contribution in [0.2, 0.25) is 5.02 Å². The molecule has 1 saturated carbocycles. The van der Waals surface area contributed by atoms with Gasteiger partial charge in [0.2, 0.25) is 0 Å². The molecule has 0 bridgehead atoms. The van der Waals surface area contributed by atoms with E-state index in [-0.39, 0.29) is 28.6 Å². The second-order valence-corrected chi connectivity index (χ2v) is 8.23. The van der Waals surface area contributed by atoms with Gasteiger partial charge >= 0.3 is 0 Å². The Morgan fingerprint density at radius 1 is 1.18 bits per heavy atom. The number of anilines is 1. The molecule has 1 aromatic carbocycles. The number of hydrogen-bond acceptors (Lipinski definition) is 5. The third-order valence-corrected chi connectivity index (χ3v) is 5.94. The molecule has 0 aromatic heterocycles. The highest BCUT2D eigenvalue weighted by Crippen LogP contribution is 2.32. The molecule has 0 saturated heterocycles. The number of carbonyl (C=O) groups is 2. The predicted molar refractivity (Wildman–Crippen MR) is 112 cm³/mol. The number of hydrogen-bond donors (Lipinski definition) is 2. The molecule has 0 radical (unpaired) electrons. The second-order valence-electron chi connectivity index (χ2n) is 6.85. The van der Waals surface area contributed by atoms with E-state index < -0.39 is 0 Å². The Balaban J connectivity index is 1.74. The van der Waals surface area contributed by atoms with Crippen LogP contribution in [0.4, 0.5) is 5.69 Å². The summed E-state index contributed by atoms with van der Waals surface area (Å²) in [6.07, 6.45) is 6.67. The highest BCUT2D eigenvalue weighted by molar-refractivity contribution is 8.02. The van der Waals surface area contributed by atoms with Crippen molar-refractivity contribution in [3.8, 4) is 5.75 Å². The van der Waals surface area contributed by atoms with Crippen LogP contribution in [-0.4, -0.2) is 37.3 Å². The number of amides is 2. The molecule has 28 heavy (non-hydrogen) atoms. The molecule has 8 heteroatoms. The number of methoxy groups -OCH3 is 1. The fourth-order valence-corrected chi connectivity index (χ4v) is 4.19. The molecule has 1 aliphatic heterocycles. The highest BCUT2D eigenvalue weighted by Gasteiger charge is 2.22. The monoisotopic (exact) mass is 424 g/mol. The Morgan fingerprint density at radius 2 is 1.93 bits per heavy atom. The minimum atomic E-state index is -0.383. The lowest BCUT2D eigenvalue weighted by Crippen LogP contribution is -2.34. The molecule has 2 aliphatic rings. The lowest BCUT2D eigenvalue weighted by atomic mass is 10.1. The zero-order valence-corrected chi connectivity index (χ0v) is 17.5. The van der Waals surface area contributed by atoms with Crippen molar-refractivity contribution in [1.82, 2.24) is 5.32 Å². The van der Waals surface area contributed by atoms with E-state index in [0.717, 1.165) is 31.4 Å². The van der Waals surface area contributed by atoms with E-state index in [2.05, 4.69) is 10.6 Å². The normalized spacial score (nSPS) is 17.7. The molecule has 3 rings (SSSR count). The summed E-state index contributed by atoms with van der Waals surface area (Å²) in [6.45, 7) is 0.487. The number of benzene rings is 1. The number of carbonyl (C=O) groups excluding carboxylic acids is 2. The van der Waals surface area contributed by atoms with Gasteiger partial charge in [0.05, 0.1) is 30.0 Å². The van der Waals surface area contributed by atoms with E-state index in [1.807, 2.05) is 0 Å². The van der Waals surface area contributed by atoms with Crippen molar-refractivity contribution in [3.63, 3.8) is 0 Å². The first-order chi connectivity index (χ1) is 13.6. The summed E-state index contributed by atoms with van der Waals surface area (Å²) in [5, 5.41) is 7.76. The van der Waals surface area contributed by atoms with Crippen LogP contribution in [0.1, 0.15) is 48.9 Å². The molecule has 1 heterocycles. The van der Waals surface area contributed by atoms with Crippen molar-refractivity contribution in [2.75, 3.05) is 24.8 Å². The van der Waals surface area contributed by atoms with Gasteiger partial charge in [-0.15, -0.1) is 11.8 Å². The maximum Gasteiger partial charge on any atom is 0.291 e. The van der Waals surface area contributed by atoms with Crippen LogP contribution in [-0.2, 0) is 9.53 Å². The molecule has 0 unspecified atom stereocenters. The van der Waals surface area contributed by atoms with Gasteiger partial charge in [0.1, 0.15) is 5.75 Å². The summed E-state index contributed by atoms with van der Waals surface area (Å²) < 4.78 is 10.7. The summed E-state index contributed by atoms with van der Waals surface area (Å²) in [6, 6.07) is 3.27. The standard InChI is InChI=1S/C20H25ClN2O4S/c1-26-17-11-16(23-20(25)18-12-28-9-8-27-18)15(21)10-14(17)19(24)22-13-6-4-2-3-5-7-13/h10-13H,2-9H2,1H3,(H,22,24)(H,23,25). The maximum atomic E-state index is 12.8. The van der Waals surface area contributed by atoms with Gasteiger partial charge in [0.15, 0.2) is 5.76 Å². The quantitative estimate of drug-likeness (QED) is 0.687. The molecule has 1 fully saturated rings. The minimum absolute atomic E-state index is 0.172. The zero-order chi connectivity index (χ0) is 19.9. The van der Waals surface area contributed by atoms with E-state index in [4.69, 9.17) is 21.1 Å². The second kappa shape index (κ2) is 10.1. The fraction of sp³-hybridized carbons (Fsp3) is 0.500. The Hall–Kier alpha value is -1.86. The topological polar surface area (TPSA) is 76.7 Å². The van der Waals surface area contributed by atoms with Crippen molar-refractivity contribution in [1.29, 1.82) is 0 Å². The van der Waals surface area contributed by atoms with E-state index in [9.17, 15) is 9.59 Å². The van der Waals surface area contributed by atoms with Crippen LogP contribution in [0.25, 0.3) is 0 Å². The molecule has 1 aliphatic carbocycles. The van der Waals surface area contributed by atoms with Gasteiger partial charge in [-0.1, -0.05) is 37.3 Å². The first-order valence-electron chi connectivity index (χ1n) is 9.53. The maximum absolute atomic E-state index is 12.8. The SMILES string of the molecule is COc1cc(NC(=O)C2=CSCCO2)c(Cl)cc1C(=O)NC1CCCCCC1. The third kappa shape index (κ3) is 5.35. The Bertz CT molecular complexity index is 761. The van der Waals surface area contributed by atoms with E-state index in [1.165, 1.54) is 37.8 Å². The lowest BCUT2D eigenvalue weighted by molar-refractivity contribution is -0.116. The smallest absolute Gasteiger partial charge is 0.291 e. The van der Waals surface area contributed by atoms with Crippen LogP contribution in [0.15, 0.2) is 23.3 Å². The van der Waals surface area contributed by atoms with Gasteiger partial charge < -0.3 is 20.1 Å². The number of ether oxygens (including phenoxy) is 2. The number of thioether (sulfide) groups is 1. The summed E-state index contributed by atoms with van der Waals surface area (Å²) in [7, 11) is 1.49. The van der Waals surface area contributed by atoms with Crippen molar-refractivity contribution >= 4 is 40.9 Å². The molecule has 0 spiro atoms. The van der Waals surface area contributed by atoms with Crippen molar-refractivity contribution in [3.05, 3.63) is 33.9 Å². The predicted octanol–water partition coefficient (Wildman–Crippen LogP) is 4.34. The molecular weight excluding hydrogens is 400 g/mol. The summed E-state index contributed by atoms with van der Waals surface area (Å²) in [5.74, 6) is 0.834. The van der Waals surface area contributed by atoms with Crippen LogP contribution in [0.5, 0.6) is 5.75 Å². The van der Waals surface area contributed by atoms with Crippen molar-refractivity contribution in [2.24, 2.45) is 0 Å². The highest BCUT2D eigenvalue weighted by atomic mass is 35.5. The van der Waals surface area contributed by atoms with E-state index in [1.54, 1.807) is 11.5 Å². The molecule has 2 N–H and O–H groups in total. The van der Waals surface area contributed by atoms with Crippen molar-refractivity contribution in [2.45, 2.75) is 44.6 Å². The van der Waals surface area contributed by atoms with E-state index >= 15 is 0 Å².